The van der Waals surface area contributed by atoms with Crippen LogP contribution in [0.2, 0.25) is 0 Å². The van der Waals surface area contributed by atoms with Crippen molar-refractivity contribution < 1.29 is 20.4 Å². The van der Waals surface area contributed by atoms with Crippen LogP contribution in [-0.2, 0) is 9.53 Å². The molecule has 0 heterocycles. The van der Waals surface area contributed by atoms with E-state index < -0.39 is 12.0 Å². The molecule has 0 aromatic carbocycles. The van der Waals surface area contributed by atoms with Gasteiger partial charge in [0.2, 0.25) is 0 Å². The molecule has 0 aromatic rings. The maximum atomic E-state index is 10.2. The number of carboxylic acids is 1. The number of carbonyl (C=O) groups excluding carboxylic acids is 1. The zero-order valence-electron chi connectivity index (χ0n) is 7.25. The summed E-state index contributed by atoms with van der Waals surface area (Å²) in [5.74, 6) is 0.224. The van der Waals surface area contributed by atoms with Crippen molar-refractivity contribution in [3.05, 3.63) is 0 Å². The number of carbonyl (C=O) groups is 1. The summed E-state index contributed by atoms with van der Waals surface area (Å²) in [5.41, 5.74) is 3.43. The Bertz CT molecular complexity index is 132. The SMILES string of the molecule is CCOCCSC[C@H]([NH3+])C(=O)[O-]. The topological polar surface area (TPSA) is 77.0 Å². The van der Waals surface area contributed by atoms with Crippen molar-refractivity contribution in [3.63, 3.8) is 0 Å². The highest BCUT2D eigenvalue weighted by molar-refractivity contribution is 7.99. The first kappa shape index (κ1) is 11.7. The van der Waals surface area contributed by atoms with Crippen molar-refractivity contribution >= 4 is 17.7 Å². The summed E-state index contributed by atoms with van der Waals surface area (Å²) in [6, 6.07) is -0.614. The number of hydrogen-bond donors (Lipinski definition) is 1. The summed E-state index contributed by atoms with van der Waals surface area (Å²) in [5, 5.41) is 10.2. The zero-order valence-corrected chi connectivity index (χ0v) is 8.06. The molecule has 0 fully saturated rings. The summed E-state index contributed by atoms with van der Waals surface area (Å²) >= 11 is 1.52. The van der Waals surface area contributed by atoms with Gasteiger partial charge in [0.05, 0.1) is 18.3 Å². The molecule has 0 aliphatic carbocycles. The lowest BCUT2D eigenvalue weighted by Gasteiger charge is -2.08. The third-order valence-electron chi connectivity index (χ3n) is 1.23. The minimum Gasteiger partial charge on any atom is -0.544 e. The standard InChI is InChI=1S/C7H15NO3S/c1-2-11-3-4-12-5-6(8)7(9)10/h6H,2-5,8H2,1H3,(H,9,10)/t6-/m0/s1. The van der Waals surface area contributed by atoms with Gasteiger partial charge in [-0.15, -0.1) is 0 Å². The maximum Gasteiger partial charge on any atom is 0.134 e. The first-order valence-electron chi connectivity index (χ1n) is 3.88. The van der Waals surface area contributed by atoms with Crippen LogP contribution >= 0.6 is 11.8 Å². The van der Waals surface area contributed by atoms with Gasteiger partial charge in [-0.3, -0.25) is 0 Å². The van der Waals surface area contributed by atoms with Crippen LogP contribution in [0, 0.1) is 0 Å². The molecule has 0 rings (SSSR count). The van der Waals surface area contributed by atoms with E-state index in [0.717, 1.165) is 5.75 Å². The van der Waals surface area contributed by atoms with Gasteiger partial charge >= 0.3 is 0 Å². The molecule has 0 aromatic heterocycles. The molecule has 0 radical (unpaired) electrons. The van der Waals surface area contributed by atoms with Gasteiger partial charge in [-0.2, -0.15) is 11.8 Å². The molecule has 0 saturated heterocycles. The quantitative estimate of drug-likeness (QED) is 0.480. The van der Waals surface area contributed by atoms with Crippen molar-refractivity contribution in [2.75, 3.05) is 24.7 Å². The van der Waals surface area contributed by atoms with E-state index in [9.17, 15) is 9.90 Å². The fourth-order valence-electron chi connectivity index (χ4n) is 0.556. The lowest BCUT2D eigenvalue weighted by molar-refractivity contribution is -0.431. The monoisotopic (exact) mass is 193 g/mol. The van der Waals surface area contributed by atoms with Crippen LogP contribution in [0.3, 0.4) is 0 Å². The van der Waals surface area contributed by atoms with Gasteiger partial charge in [-0.1, -0.05) is 0 Å². The van der Waals surface area contributed by atoms with E-state index in [1.165, 1.54) is 11.8 Å². The molecular formula is C7H15NO3S. The zero-order chi connectivity index (χ0) is 9.40. The largest absolute Gasteiger partial charge is 0.544 e. The van der Waals surface area contributed by atoms with Gasteiger partial charge in [0.25, 0.3) is 0 Å². The third kappa shape index (κ3) is 6.45. The van der Waals surface area contributed by atoms with E-state index in [0.29, 0.717) is 19.0 Å². The predicted octanol–water partition coefficient (Wildman–Crippen LogP) is -1.88. The van der Waals surface area contributed by atoms with Crippen molar-refractivity contribution in [3.8, 4) is 0 Å². The molecule has 0 bridgehead atoms. The van der Waals surface area contributed by atoms with Crippen molar-refractivity contribution in [1.29, 1.82) is 0 Å². The molecule has 12 heavy (non-hydrogen) atoms. The van der Waals surface area contributed by atoms with Crippen molar-refractivity contribution in [2.45, 2.75) is 13.0 Å². The minimum absolute atomic E-state index is 0.495. The Morgan fingerprint density at radius 1 is 1.75 bits per heavy atom. The fraction of sp³-hybridized carbons (Fsp3) is 0.857. The van der Waals surface area contributed by atoms with Crippen LogP contribution in [0.25, 0.3) is 0 Å². The average Bonchev–Trinajstić information content (AvgIpc) is 2.03. The van der Waals surface area contributed by atoms with Crippen LogP contribution < -0.4 is 10.8 Å². The number of carboxylic acid groups (broad SMARTS) is 1. The second kappa shape index (κ2) is 7.39. The second-order valence-corrected chi connectivity index (χ2v) is 3.44. The Kier molecular flexibility index (Phi) is 7.23. The Hall–Kier alpha value is -0.260. The predicted molar refractivity (Wildman–Crippen MR) is 45.5 cm³/mol. The molecular weight excluding hydrogens is 178 g/mol. The molecule has 0 spiro atoms. The van der Waals surface area contributed by atoms with Gasteiger partial charge < -0.3 is 20.4 Å². The van der Waals surface area contributed by atoms with Crippen LogP contribution in [0.15, 0.2) is 0 Å². The Morgan fingerprint density at radius 2 is 2.42 bits per heavy atom. The van der Waals surface area contributed by atoms with Gasteiger partial charge in [0.1, 0.15) is 6.04 Å². The van der Waals surface area contributed by atoms with Crippen LogP contribution in [0.1, 0.15) is 6.92 Å². The lowest BCUT2D eigenvalue weighted by atomic mass is 10.4. The number of thioether (sulfide) groups is 1. The van der Waals surface area contributed by atoms with E-state index in [4.69, 9.17) is 4.74 Å². The smallest absolute Gasteiger partial charge is 0.134 e. The van der Waals surface area contributed by atoms with E-state index in [2.05, 4.69) is 5.73 Å². The summed E-state index contributed by atoms with van der Waals surface area (Å²) in [4.78, 5) is 10.2. The van der Waals surface area contributed by atoms with E-state index >= 15 is 0 Å². The summed E-state index contributed by atoms with van der Waals surface area (Å²) in [7, 11) is 0. The maximum absolute atomic E-state index is 10.2. The van der Waals surface area contributed by atoms with Crippen LogP contribution in [0.5, 0.6) is 0 Å². The highest BCUT2D eigenvalue weighted by Gasteiger charge is 2.05. The molecule has 3 N–H and O–H groups in total. The number of ether oxygens (including phenoxy) is 1. The molecule has 72 valence electrons. The molecule has 1 atom stereocenters. The molecule has 0 amide bonds. The van der Waals surface area contributed by atoms with E-state index in [1.807, 2.05) is 6.92 Å². The Morgan fingerprint density at radius 3 is 2.92 bits per heavy atom. The summed E-state index contributed by atoms with van der Waals surface area (Å²) in [6.45, 7) is 3.30. The van der Waals surface area contributed by atoms with Crippen LogP contribution in [-0.4, -0.2) is 36.7 Å². The van der Waals surface area contributed by atoms with Gasteiger partial charge in [-0.25, -0.2) is 0 Å². The summed E-state index contributed by atoms with van der Waals surface area (Å²) < 4.78 is 5.07. The Labute approximate surface area is 76.5 Å². The minimum atomic E-state index is -1.08. The van der Waals surface area contributed by atoms with Gasteiger partial charge in [0, 0.05) is 12.4 Å². The molecule has 5 heteroatoms. The molecule has 4 nitrogen and oxygen atoms in total. The number of hydrogen-bond acceptors (Lipinski definition) is 4. The van der Waals surface area contributed by atoms with E-state index in [1.54, 1.807) is 0 Å². The Balaban J connectivity index is 3.14. The number of quaternary nitrogens is 1. The summed E-state index contributed by atoms with van der Waals surface area (Å²) in [6.07, 6.45) is 0. The fourth-order valence-corrected chi connectivity index (χ4v) is 1.38. The highest BCUT2D eigenvalue weighted by Crippen LogP contribution is 1.99. The molecule has 0 aliphatic heterocycles. The first-order chi connectivity index (χ1) is 5.68. The normalized spacial score (nSPS) is 12.8. The van der Waals surface area contributed by atoms with Crippen molar-refractivity contribution in [2.24, 2.45) is 0 Å². The first-order valence-corrected chi connectivity index (χ1v) is 5.03. The number of aliphatic carboxylic acids is 1. The molecule has 0 unspecified atom stereocenters. The van der Waals surface area contributed by atoms with Gasteiger partial charge in [0.15, 0.2) is 0 Å². The van der Waals surface area contributed by atoms with Gasteiger partial charge in [-0.05, 0) is 6.92 Å². The highest BCUT2D eigenvalue weighted by atomic mass is 32.2. The lowest BCUT2D eigenvalue weighted by Crippen LogP contribution is -2.69. The molecule has 0 saturated carbocycles. The van der Waals surface area contributed by atoms with Crippen LogP contribution in [0.4, 0.5) is 0 Å². The van der Waals surface area contributed by atoms with E-state index in [-0.39, 0.29) is 0 Å². The van der Waals surface area contributed by atoms with Crippen molar-refractivity contribution in [1.82, 2.24) is 0 Å². The second-order valence-electron chi connectivity index (χ2n) is 2.29. The number of rotatable bonds is 7. The molecule has 0 aliphatic rings. The average molecular weight is 193 g/mol. The third-order valence-corrected chi connectivity index (χ3v) is 2.32.